The molecule has 1 aromatic carbocycles. The molecule has 0 amide bonds. The highest BCUT2D eigenvalue weighted by atomic mass is 16.5. The normalized spacial score (nSPS) is 10.3. The van der Waals surface area contributed by atoms with Gasteiger partial charge in [-0.2, -0.15) is 0 Å². The summed E-state index contributed by atoms with van der Waals surface area (Å²) >= 11 is 0. The highest BCUT2D eigenvalue weighted by molar-refractivity contribution is 5.95. The van der Waals surface area contributed by atoms with Crippen LogP contribution in [-0.4, -0.2) is 38.4 Å². The Morgan fingerprint density at radius 3 is 2.58 bits per heavy atom. The van der Waals surface area contributed by atoms with Gasteiger partial charge in [-0.3, -0.25) is 0 Å². The summed E-state index contributed by atoms with van der Waals surface area (Å²) in [6.45, 7) is 1.15. The van der Waals surface area contributed by atoms with Gasteiger partial charge in [0.1, 0.15) is 0 Å². The van der Waals surface area contributed by atoms with Gasteiger partial charge >= 0.3 is 5.97 Å². The molecule has 19 heavy (non-hydrogen) atoms. The minimum absolute atomic E-state index is 0.265. The van der Waals surface area contributed by atoms with Gasteiger partial charge in [-0.15, -0.1) is 0 Å². The molecule has 0 saturated carbocycles. The number of anilines is 1. The van der Waals surface area contributed by atoms with Crippen LogP contribution in [0.2, 0.25) is 0 Å². The van der Waals surface area contributed by atoms with E-state index in [-0.39, 0.29) is 12.6 Å². The molecule has 1 aromatic rings. The molecule has 0 fully saturated rings. The van der Waals surface area contributed by atoms with Gasteiger partial charge in [-0.1, -0.05) is 25.0 Å². The lowest BCUT2D eigenvalue weighted by molar-refractivity contribution is 0.0601. The summed E-state index contributed by atoms with van der Waals surface area (Å²) in [6, 6.07) is 7.47. The van der Waals surface area contributed by atoms with Crippen molar-refractivity contribution in [2.45, 2.75) is 25.7 Å². The Morgan fingerprint density at radius 1 is 1.21 bits per heavy atom. The van der Waals surface area contributed by atoms with E-state index in [1.807, 2.05) is 25.2 Å². The Labute approximate surface area is 115 Å². The lowest BCUT2D eigenvalue weighted by atomic mass is 10.1. The standard InChI is InChI=1S/C15H23NO3/c1-16(11-7-3-4-8-12-17)14-10-6-5-9-13(14)15(18)19-2/h5-6,9-10,17H,3-4,7-8,11-12H2,1-2H3. The zero-order valence-electron chi connectivity index (χ0n) is 11.8. The summed E-state index contributed by atoms with van der Waals surface area (Å²) in [7, 11) is 3.38. The Balaban J connectivity index is 2.56. The molecule has 0 spiro atoms. The number of unbranched alkanes of at least 4 members (excludes halogenated alkanes) is 3. The maximum Gasteiger partial charge on any atom is 0.339 e. The van der Waals surface area contributed by atoms with E-state index < -0.39 is 0 Å². The van der Waals surface area contributed by atoms with Crippen molar-refractivity contribution >= 4 is 11.7 Å². The quantitative estimate of drug-likeness (QED) is 0.579. The smallest absolute Gasteiger partial charge is 0.339 e. The minimum atomic E-state index is -0.303. The first-order valence-corrected chi connectivity index (χ1v) is 6.70. The number of nitrogens with zero attached hydrogens (tertiary/aromatic N) is 1. The number of ether oxygens (including phenoxy) is 1. The molecule has 0 saturated heterocycles. The van der Waals surface area contributed by atoms with E-state index in [0.717, 1.165) is 37.9 Å². The molecule has 1 N–H and O–H groups in total. The summed E-state index contributed by atoms with van der Waals surface area (Å²) in [5.74, 6) is -0.303. The largest absolute Gasteiger partial charge is 0.465 e. The second-order valence-corrected chi connectivity index (χ2v) is 4.57. The van der Waals surface area contributed by atoms with E-state index in [2.05, 4.69) is 4.90 Å². The number of aliphatic hydroxyl groups excluding tert-OH is 1. The average Bonchev–Trinajstić information content (AvgIpc) is 2.46. The van der Waals surface area contributed by atoms with Crippen LogP contribution >= 0.6 is 0 Å². The fourth-order valence-electron chi connectivity index (χ4n) is 2.02. The second-order valence-electron chi connectivity index (χ2n) is 4.57. The lowest BCUT2D eigenvalue weighted by Gasteiger charge is -2.21. The van der Waals surface area contributed by atoms with Gasteiger partial charge in [-0.25, -0.2) is 4.79 Å². The Bertz CT molecular complexity index is 393. The molecule has 0 aromatic heterocycles. The minimum Gasteiger partial charge on any atom is -0.465 e. The van der Waals surface area contributed by atoms with Crippen molar-refractivity contribution in [3.05, 3.63) is 29.8 Å². The van der Waals surface area contributed by atoms with Crippen LogP contribution in [0.1, 0.15) is 36.0 Å². The maximum atomic E-state index is 11.7. The molecule has 0 heterocycles. The van der Waals surface area contributed by atoms with Gasteiger partial charge in [0.15, 0.2) is 0 Å². The average molecular weight is 265 g/mol. The number of methoxy groups -OCH3 is 1. The van der Waals surface area contributed by atoms with Crippen LogP contribution < -0.4 is 4.90 Å². The predicted molar refractivity (Wildman–Crippen MR) is 76.6 cm³/mol. The summed E-state index contributed by atoms with van der Waals surface area (Å²) in [6.07, 6.45) is 4.04. The molecular formula is C15H23NO3. The van der Waals surface area contributed by atoms with Crippen molar-refractivity contribution in [2.75, 3.05) is 32.2 Å². The summed E-state index contributed by atoms with van der Waals surface area (Å²) < 4.78 is 4.79. The van der Waals surface area contributed by atoms with Gasteiger partial charge < -0.3 is 14.7 Å². The number of carbonyl (C=O) groups excluding carboxylic acids is 1. The van der Waals surface area contributed by atoms with Crippen LogP contribution in [0.4, 0.5) is 5.69 Å². The number of esters is 1. The second kappa shape index (κ2) is 8.53. The summed E-state index contributed by atoms with van der Waals surface area (Å²) in [5.41, 5.74) is 1.50. The molecular weight excluding hydrogens is 242 g/mol. The third kappa shape index (κ3) is 4.91. The molecule has 0 unspecified atom stereocenters. The zero-order chi connectivity index (χ0) is 14.1. The van der Waals surface area contributed by atoms with Crippen molar-refractivity contribution in [3.63, 3.8) is 0 Å². The van der Waals surface area contributed by atoms with Gasteiger partial charge in [0.25, 0.3) is 0 Å². The van der Waals surface area contributed by atoms with E-state index in [4.69, 9.17) is 9.84 Å². The predicted octanol–water partition coefficient (Wildman–Crippen LogP) is 2.46. The maximum absolute atomic E-state index is 11.7. The SMILES string of the molecule is COC(=O)c1ccccc1N(C)CCCCCCO. The lowest BCUT2D eigenvalue weighted by Crippen LogP contribution is -2.21. The molecule has 0 bridgehead atoms. The fraction of sp³-hybridized carbons (Fsp3) is 0.533. The van der Waals surface area contributed by atoms with Crippen LogP contribution in [0, 0.1) is 0 Å². The van der Waals surface area contributed by atoms with E-state index in [1.54, 1.807) is 6.07 Å². The molecule has 0 aliphatic heterocycles. The molecule has 1 rings (SSSR count). The molecule has 0 aliphatic rings. The van der Waals surface area contributed by atoms with Crippen LogP contribution in [0.25, 0.3) is 0 Å². The Morgan fingerprint density at radius 2 is 1.89 bits per heavy atom. The Hall–Kier alpha value is -1.55. The van der Waals surface area contributed by atoms with Crippen LogP contribution in [0.5, 0.6) is 0 Å². The summed E-state index contributed by atoms with van der Waals surface area (Å²) in [5, 5.41) is 8.72. The van der Waals surface area contributed by atoms with Crippen molar-refractivity contribution in [1.29, 1.82) is 0 Å². The van der Waals surface area contributed by atoms with E-state index in [0.29, 0.717) is 5.56 Å². The Kier molecular flexibility index (Phi) is 6.97. The zero-order valence-corrected chi connectivity index (χ0v) is 11.8. The number of rotatable bonds is 8. The van der Waals surface area contributed by atoms with Crippen LogP contribution in [-0.2, 0) is 4.74 Å². The topological polar surface area (TPSA) is 49.8 Å². The van der Waals surface area contributed by atoms with Crippen LogP contribution in [0.3, 0.4) is 0 Å². The third-order valence-electron chi connectivity index (χ3n) is 3.12. The van der Waals surface area contributed by atoms with Gasteiger partial charge in [-0.05, 0) is 25.0 Å². The highest BCUT2D eigenvalue weighted by Crippen LogP contribution is 2.20. The fourth-order valence-corrected chi connectivity index (χ4v) is 2.02. The van der Waals surface area contributed by atoms with E-state index in [1.165, 1.54) is 7.11 Å². The number of benzene rings is 1. The molecule has 0 aliphatic carbocycles. The molecule has 4 nitrogen and oxygen atoms in total. The van der Waals surface area contributed by atoms with Crippen molar-refractivity contribution < 1.29 is 14.6 Å². The van der Waals surface area contributed by atoms with Gasteiger partial charge in [0.05, 0.1) is 18.4 Å². The number of carbonyl (C=O) groups is 1. The van der Waals surface area contributed by atoms with Gasteiger partial charge in [0.2, 0.25) is 0 Å². The highest BCUT2D eigenvalue weighted by Gasteiger charge is 2.13. The van der Waals surface area contributed by atoms with E-state index in [9.17, 15) is 4.79 Å². The molecule has 0 atom stereocenters. The molecule has 106 valence electrons. The monoisotopic (exact) mass is 265 g/mol. The number of aliphatic hydroxyl groups is 1. The number of hydrogen-bond acceptors (Lipinski definition) is 4. The molecule has 0 radical (unpaired) electrons. The van der Waals surface area contributed by atoms with Crippen molar-refractivity contribution in [2.24, 2.45) is 0 Å². The first-order valence-electron chi connectivity index (χ1n) is 6.70. The first kappa shape index (κ1) is 15.5. The van der Waals surface area contributed by atoms with Crippen LogP contribution in [0.15, 0.2) is 24.3 Å². The number of para-hydroxylation sites is 1. The van der Waals surface area contributed by atoms with Crippen molar-refractivity contribution in [3.8, 4) is 0 Å². The molecule has 4 heteroatoms. The number of hydrogen-bond donors (Lipinski definition) is 1. The van der Waals surface area contributed by atoms with Gasteiger partial charge in [0, 0.05) is 20.2 Å². The third-order valence-corrected chi connectivity index (χ3v) is 3.12. The summed E-state index contributed by atoms with van der Waals surface area (Å²) in [4.78, 5) is 13.8. The first-order chi connectivity index (χ1) is 9.20. The van der Waals surface area contributed by atoms with E-state index >= 15 is 0 Å². The van der Waals surface area contributed by atoms with Crippen molar-refractivity contribution in [1.82, 2.24) is 0 Å².